The van der Waals surface area contributed by atoms with Gasteiger partial charge in [0.1, 0.15) is 11.4 Å². The first-order valence-corrected chi connectivity index (χ1v) is 11.4. The first-order valence-electron chi connectivity index (χ1n) is 10.5. The second-order valence-corrected chi connectivity index (χ2v) is 9.21. The van der Waals surface area contributed by atoms with Gasteiger partial charge < -0.3 is 20.6 Å². The van der Waals surface area contributed by atoms with Crippen LogP contribution < -0.4 is 16.2 Å². The van der Waals surface area contributed by atoms with E-state index in [-0.39, 0.29) is 11.6 Å². The summed E-state index contributed by atoms with van der Waals surface area (Å²) in [6, 6.07) is 8.81. The average Bonchev–Trinajstić information content (AvgIpc) is 3.36. The third-order valence-corrected chi connectivity index (χ3v) is 7.30. The molecule has 1 saturated carbocycles. The molecule has 4 N–H and O–H groups in total. The standard InChI is InChI=1S/C23H22N6OS/c1-2-13-12-28(8-9-29(13)14-3-4-14)15-5-6-16-18(11-15)26-22(25-16)19-20(24)21-17(7-10-31-21)27-23(19)30/h1,5-7,10-11,13-14H,3-4,8-9,12H2,(H,25,26)(H3,24,27,30). The van der Waals surface area contributed by atoms with Gasteiger partial charge >= 0.3 is 0 Å². The topological polar surface area (TPSA) is 94.0 Å². The summed E-state index contributed by atoms with van der Waals surface area (Å²) >= 11 is 1.50. The van der Waals surface area contributed by atoms with E-state index in [0.717, 1.165) is 46.6 Å². The number of terminal acetylenes is 1. The summed E-state index contributed by atoms with van der Waals surface area (Å²) in [6.45, 7) is 2.75. The lowest BCUT2D eigenvalue weighted by Crippen LogP contribution is -2.53. The summed E-state index contributed by atoms with van der Waals surface area (Å²) < 4.78 is 0.865. The van der Waals surface area contributed by atoms with Crippen LogP contribution in [0.4, 0.5) is 11.4 Å². The van der Waals surface area contributed by atoms with Gasteiger partial charge in [0, 0.05) is 31.4 Å². The number of benzene rings is 1. The van der Waals surface area contributed by atoms with Gasteiger partial charge in [-0.1, -0.05) is 5.92 Å². The van der Waals surface area contributed by atoms with E-state index in [1.165, 1.54) is 24.2 Å². The zero-order chi connectivity index (χ0) is 21.1. The molecule has 3 aromatic heterocycles. The van der Waals surface area contributed by atoms with E-state index in [0.29, 0.717) is 23.1 Å². The highest BCUT2D eigenvalue weighted by Crippen LogP contribution is 2.33. The number of nitrogens with two attached hydrogens (primary N) is 1. The van der Waals surface area contributed by atoms with Crippen LogP contribution in [-0.4, -0.2) is 51.6 Å². The maximum atomic E-state index is 12.7. The highest BCUT2D eigenvalue weighted by atomic mass is 32.1. The summed E-state index contributed by atoms with van der Waals surface area (Å²) in [7, 11) is 0. The van der Waals surface area contributed by atoms with Crippen LogP contribution in [0.2, 0.25) is 0 Å². The number of nitrogens with zero attached hydrogens (tertiary/aromatic N) is 3. The molecular weight excluding hydrogens is 408 g/mol. The molecule has 31 heavy (non-hydrogen) atoms. The number of hydrogen-bond acceptors (Lipinski definition) is 6. The smallest absolute Gasteiger partial charge is 0.261 e. The van der Waals surface area contributed by atoms with Crippen LogP contribution in [0.3, 0.4) is 0 Å². The Bertz CT molecular complexity index is 1410. The molecule has 1 atom stereocenters. The molecule has 0 amide bonds. The summed E-state index contributed by atoms with van der Waals surface area (Å²) in [5.41, 5.74) is 10.5. The summed E-state index contributed by atoms with van der Waals surface area (Å²) in [5.74, 6) is 3.46. The van der Waals surface area contributed by atoms with Crippen molar-refractivity contribution in [2.75, 3.05) is 30.3 Å². The van der Waals surface area contributed by atoms with E-state index in [1.807, 2.05) is 17.5 Å². The molecule has 2 aliphatic rings. The van der Waals surface area contributed by atoms with Crippen LogP contribution in [0.5, 0.6) is 0 Å². The van der Waals surface area contributed by atoms with E-state index in [1.54, 1.807) is 0 Å². The Morgan fingerprint density at radius 1 is 1.19 bits per heavy atom. The zero-order valence-corrected chi connectivity index (χ0v) is 17.7. The van der Waals surface area contributed by atoms with Crippen molar-refractivity contribution in [2.24, 2.45) is 0 Å². The van der Waals surface area contributed by atoms with Gasteiger partial charge in [-0.2, -0.15) is 0 Å². The zero-order valence-electron chi connectivity index (χ0n) is 16.9. The number of thiophene rings is 1. The molecule has 1 aromatic carbocycles. The molecule has 156 valence electrons. The lowest BCUT2D eigenvalue weighted by Gasteiger charge is -2.40. The Labute approximate surface area is 182 Å². The monoisotopic (exact) mass is 430 g/mol. The van der Waals surface area contributed by atoms with Crippen LogP contribution in [0.25, 0.3) is 32.6 Å². The third-order valence-electron chi connectivity index (χ3n) is 6.35. The quantitative estimate of drug-likeness (QED) is 0.435. The van der Waals surface area contributed by atoms with Gasteiger partial charge in [0.25, 0.3) is 5.56 Å². The molecular formula is C23H22N6OS. The summed E-state index contributed by atoms with van der Waals surface area (Å²) in [6.07, 6.45) is 8.37. The molecule has 0 radical (unpaired) electrons. The van der Waals surface area contributed by atoms with E-state index >= 15 is 0 Å². The summed E-state index contributed by atoms with van der Waals surface area (Å²) in [4.78, 5) is 28.3. The Balaban J connectivity index is 1.35. The van der Waals surface area contributed by atoms with E-state index in [2.05, 4.69) is 42.8 Å². The van der Waals surface area contributed by atoms with Crippen LogP contribution >= 0.6 is 11.3 Å². The van der Waals surface area contributed by atoms with Crippen molar-refractivity contribution in [1.82, 2.24) is 19.9 Å². The molecule has 1 saturated heterocycles. The van der Waals surface area contributed by atoms with Crippen LogP contribution in [-0.2, 0) is 0 Å². The number of piperazine rings is 1. The molecule has 0 spiro atoms. The lowest BCUT2D eigenvalue weighted by molar-refractivity contribution is 0.205. The van der Waals surface area contributed by atoms with Gasteiger partial charge in [-0.3, -0.25) is 9.69 Å². The number of hydrogen-bond donors (Lipinski definition) is 3. The molecule has 0 bridgehead atoms. The number of H-pyrrole nitrogens is 2. The van der Waals surface area contributed by atoms with Gasteiger partial charge in [0.2, 0.25) is 0 Å². The summed E-state index contributed by atoms with van der Waals surface area (Å²) in [5, 5.41) is 1.91. The van der Waals surface area contributed by atoms with Gasteiger partial charge in [0.15, 0.2) is 0 Å². The van der Waals surface area contributed by atoms with Gasteiger partial charge in [0.05, 0.1) is 33.0 Å². The number of imidazole rings is 1. The molecule has 7 nitrogen and oxygen atoms in total. The highest BCUT2D eigenvalue weighted by molar-refractivity contribution is 7.17. The number of aromatic nitrogens is 3. The average molecular weight is 431 g/mol. The second-order valence-electron chi connectivity index (χ2n) is 8.29. The SMILES string of the molecule is C#CC1CN(c2ccc3nc(-c4c(N)c5sccc5[nH]c4=O)[nH]c3c2)CCN1C1CC1. The Kier molecular flexibility index (Phi) is 4.10. The minimum Gasteiger partial charge on any atom is -0.397 e. The fourth-order valence-electron chi connectivity index (χ4n) is 4.61. The Morgan fingerprint density at radius 3 is 2.87 bits per heavy atom. The normalized spacial score (nSPS) is 19.8. The number of aromatic amines is 2. The first kappa shape index (κ1) is 18.5. The second kappa shape index (κ2) is 6.87. The van der Waals surface area contributed by atoms with E-state index in [4.69, 9.17) is 12.2 Å². The first-order chi connectivity index (χ1) is 15.1. The Morgan fingerprint density at radius 2 is 2.06 bits per heavy atom. The predicted octanol–water partition coefficient (Wildman–Crippen LogP) is 3.00. The van der Waals surface area contributed by atoms with Crippen molar-refractivity contribution < 1.29 is 0 Å². The van der Waals surface area contributed by atoms with Crippen LogP contribution in [0, 0.1) is 12.3 Å². The fraction of sp³-hybridized carbons (Fsp3) is 0.304. The van der Waals surface area contributed by atoms with Crippen molar-refractivity contribution >= 4 is 44.0 Å². The Hall–Kier alpha value is -3.28. The molecule has 1 aliphatic heterocycles. The van der Waals surface area contributed by atoms with Crippen molar-refractivity contribution in [2.45, 2.75) is 24.9 Å². The van der Waals surface area contributed by atoms with Crippen LogP contribution in [0.1, 0.15) is 12.8 Å². The highest BCUT2D eigenvalue weighted by Gasteiger charge is 2.36. The number of fused-ring (bicyclic) bond motifs is 2. The molecule has 6 rings (SSSR count). The van der Waals surface area contributed by atoms with Crippen molar-refractivity contribution in [3.05, 3.63) is 40.0 Å². The van der Waals surface area contributed by atoms with Gasteiger partial charge in [-0.25, -0.2) is 4.98 Å². The fourth-order valence-corrected chi connectivity index (χ4v) is 5.42. The minimum absolute atomic E-state index is 0.144. The van der Waals surface area contributed by atoms with Crippen molar-refractivity contribution in [3.8, 4) is 23.7 Å². The third kappa shape index (κ3) is 3.00. The number of rotatable bonds is 3. The lowest BCUT2D eigenvalue weighted by atomic mass is 10.1. The largest absolute Gasteiger partial charge is 0.397 e. The van der Waals surface area contributed by atoms with Gasteiger partial charge in [-0.15, -0.1) is 17.8 Å². The van der Waals surface area contributed by atoms with Crippen molar-refractivity contribution in [3.63, 3.8) is 0 Å². The maximum Gasteiger partial charge on any atom is 0.261 e. The molecule has 4 heterocycles. The molecule has 4 aromatic rings. The van der Waals surface area contributed by atoms with Crippen LogP contribution in [0.15, 0.2) is 34.4 Å². The van der Waals surface area contributed by atoms with E-state index < -0.39 is 0 Å². The molecule has 8 heteroatoms. The number of nitrogen functional groups attached to an aromatic ring is 1. The molecule has 1 aliphatic carbocycles. The van der Waals surface area contributed by atoms with E-state index in [9.17, 15) is 4.79 Å². The van der Waals surface area contributed by atoms with Gasteiger partial charge in [-0.05, 0) is 42.5 Å². The molecule has 1 unspecified atom stereocenters. The minimum atomic E-state index is -0.240. The number of nitrogens with one attached hydrogen (secondary N) is 2. The number of anilines is 2. The number of pyridine rings is 1. The maximum absolute atomic E-state index is 12.7. The van der Waals surface area contributed by atoms with Crippen molar-refractivity contribution in [1.29, 1.82) is 0 Å². The predicted molar refractivity (Wildman–Crippen MR) is 127 cm³/mol. The molecule has 2 fully saturated rings.